The molecule has 2 N–H and O–H groups in total. The molecule has 0 aliphatic carbocycles. The van der Waals surface area contributed by atoms with E-state index in [-0.39, 0.29) is 23.1 Å². The molecule has 1 aromatic heterocycles. The quantitative estimate of drug-likeness (QED) is 0.741. The van der Waals surface area contributed by atoms with Crippen LogP contribution in [-0.2, 0) is 4.79 Å². The molecule has 0 bridgehead atoms. The number of thioether (sulfide) groups is 1. The first-order chi connectivity index (χ1) is 10.2. The van der Waals surface area contributed by atoms with Crippen molar-refractivity contribution in [1.29, 1.82) is 5.26 Å². The second kappa shape index (κ2) is 7.79. The van der Waals surface area contributed by atoms with Crippen LogP contribution in [0.2, 0.25) is 0 Å². The topological polar surface area (TPSA) is 90.7 Å². The second-order valence-electron chi connectivity index (χ2n) is 5.89. The van der Waals surface area contributed by atoms with Crippen molar-refractivity contribution in [2.24, 2.45) is 5.92 Å². The van der Waals surface area contributed by atoms with E-state index in [0.717, 1.165) is 9.47 Å². The molecule has 0 fully saturated rings. The number of carbonyl (C=O) groups is 1. The van der Waals surface area contributed by atoms with Crippen LogP contribution in [0.1, 0.15) is 41.5 Å². The van der Waals surface area contributed by atoms with Crippen LogP contribution in [-0.4, -0.2) is 32.9 Å². The van der Waals surface area contributed by atoms with E-state index >= 15 is 0 Å². The standard InChI is InChI=1S/C14H23N5OS2/c1-8(2)14(6,7-15)17-11(20)10(5)21-13-19-18-12(22-13)16-9(3)4/h8-10H,1-6H3,(H,16,18)(H,17,20)/t10-,14+/m1/s1. The Bertz CT molecular complexity index is 552. The molecular formula is C14H23N5OS2. The molecule has 1 heterocycles. The number of carbonyl (C=O) groups excluding carboxylic acids is 1. The molecule has 0 saturated carbocycles. The van der Waals surface area contributed by atoms with Crippen LogP contribution in [0.4, 0.5) is 5.13 Å². The Morgan fingerprint density at radius 2 is 1.95 bits per heavy atom. The summed E-state index contributed by atoms with van der Waals surface area (Å²) in [4.78, 5) is 12.3. The SMILES string of the molecule is CC(C)Nc1nnc(S[C@H](C)C(=O)N[C@@](C)(C#N)C(C)C)s1. The fraction of sp³-hybridized carbons (Fsp3) is 0.714. The molecule has 122 valence electrons. The van der Waals surface area contributed by atoms with Gasteiger partial charge in [0.05, 0.1) is 11.3 Å². The average molecular weight is 342 g/mol. The van der Waals surface area contributed by atoms with Crippen LogP contribution < -0.4 is 10.6 Å². The van der Waals surface area contributed by atoms with Crippen LogP contribution in [0.25, 0.3) is 0 Å². The largest absolute Gasteiger partial charge is 0.358 e. The number of nitrogens with one attached hydrogen (secondary N) is 2. The van der Waals surface area contributed by atoms with Gasteiger partial charge in [-0.25, -0.2) is 0 Å². The van der Waals surface area contributed by atoms with E-state index in [2.05, 4.69) is 26.9 Å². The van der Waals surface area contributed by atoms with Gasteiger partial charge in [-0.2, -0.15) is 5.26 Å². The van der Waals surface area contributed by atoms with Crippen molar-refractivity contribution in [3.05, 3.63) is 0 Å². The van der Waals surface area contributed by atoms with Crippen molar-refractivity contribution in [3.8, 4) is 6.07 Å². The molecule has 6 nitrogen and oxygen atoms in total. The first kappa shape index (κ1) is 18.7. The molecular weight excluding hydrogens is 318 g/mol. The summed E-state index contributed by atoms with van der Waals surface area (Å²) in [6, 6.07) is 2.46. The Kier molecular flexibility index (Phi) is 6.63. The van der Waals surface area contributed by atoms with Crippen LogP contribution in [0.15, 0.2) is 4.34 Å². The molecule has 0 spiro atoms. The molecule has 0 radical (unpaired) electrons. The summed E-state index contributed by atoms with van der Waals surface area (Å²) in [6.07, 6.45) is 0. The molecule has 0 unspecified atom stereocenters. The zero-order valence-corrected chi connectivity index (χ0v) is 15.4. The molecule has 8 heteroatoms. The van der Waals surface area contributed by atoms with Gasteiger partial charge in [-0.15, -0.1) is 10.2 Å². The Labute approximate surface area is 140 Å². The number of anilines is 1. The van der Waals surface area contributed by atoms with E-state index in [4.69, 9.17) is 0 Å². The Hall–Kier alpha value is -1.33. The average Bonchev–Trinajstić information content (AvgIpc) is 2.84. The highest BCUT2D eigenvalue weighted by Gasteiger charge is 2.32. The molecule has 2 atom stereocenters. The van der Waals surface area contributed by atoms with Crippen LogP contribution in [0.3, 0.4) is 0 Å². The molecule has 22 heavy (non-hydrogen) atoms. The smallest absolute Gasteiger partial charge is 0.234 e. The van der Waals surface area contributed by atoms with Crippen LogP contribution >= 0.6 is 23.1 Å². The summed E-state index contributed by atoms with van der Waals surface area (Å²) in [6.45, 7) is 11.4. The first-order valence-corrected chi connectivity index (χ1v) is 8.87. The normalized spacial score (nSPS) is 15.2. The predicted octanol–water partition coefficient (Wildman–Crippen LogP) is 2.89. The van der Waals surface area contributed by atoms with Crippen molar-refractivity contribution in [1.82, 2.24) is 15.5 Å². The number of nitrogens with zero attached hydrogens (tertiary/aromatic N) is 3. The van der Waals surface area contributed by atoms with Crippen molar-refractivity contribution in [2.45, 2.75) is 62.7 Å². The number of amides is 1. The molecule has 1 aromatic rings. The summed E-state index contributed by atoms with van der Waals surface area (Å²) in [5, 5.41) is 23.8. The molecule has 1 rings (SSSR count). The summed E-state index contributed by atoms with van der Waals surface area (Å²) < 4.78 is 0.731. The molecule has 0 saturated heterocycles. The highest BCUT2D eigenvalue weighted by atomic mass is 32.2. The zero-order chi connectivity index (χ0) is 16.9. The van der Waals surface area contributed by atoms with Gasteiger partial charge in [-0.05, 0) is 33.6 Å². The van der Waals surface area contributed by atoms with Crippen LogP contribution in [0.5, 0.6) is 0 Å². The van der Waals surface area contributed by atoms with Crippen molar-refractivity contribution < 1.29 is 4.79 Å². The Morgan fingerprint density at radius 3 is 2.45 bits per heavy atom. The molecule has 0 aliphatic rings. The number of aromatic nitrogens is 2. The van der Waals surface area contributed by atoms with E-state index in [1.165, 1.54) is 23.1 Å². The summed E-state index contributed by atoms with van der Waals surface area (Å²) in [7, 11) is 0. The van der Waals surface area contributed by atoms with Gasteiger partial charge >= 0.3 is 0 Å². The van der Waals surface area contributed by atoms with Crippen molar-refractivity contribution in [3.63, 3.8) is 0 Å². The molecule has 1 amide bonds. The maximum absolute atomic E-state index is 12.3. The Balaban J connectivity index is 2.65. The van der Waals surface area contributed by atoms with E-state index in [1.54, 1.807) is 13.8 Å². The number of hydrogen-bond donors (Lipinski definition) is 2. The third-order valence-electron chi connectivity index (χ3n) is 3.24. The lowest BCUT2D eigenvalue weighted by Gasteiger charge is -2.28. The van der Waals surface area contributed by atoms with Crippen molar-refractivity contribution >= 4 is 34.1 Å². The van der Waals surface area contributed by atoms with Crippen molar-refractivity contribution in [2.75, 3.05) is 5.32 Å². The van der Waals surface area contributed by atoms with E-state index in [1.807, 2.05) is 27.7 Å². The number of nitriles is 1. The highest BCUT2D eigenvalue weighted by molar-refractivity contribution is 8.02. The first-order valence-electron chi connectivity index (χ1n) is 7.18. The van der Waals surface area contributed by atoms with Gasteiger partial charge in [0.25, 0.3) is 0 Å². The minimum absolute atomic E-state index is 0.0297. The number of rotatable bonds is 7. The minimum atomic E-state index is -0.864. The van der Waals surface area contributed by atoms with E-state index < -0.39 is 5.54 Å². The van der Waals surface area contributed by atoms with Gasteiger partial charge < -0.3 is 10.6 Å². The van der Waals surface area contributed by atoms with Gasteiger partial charge in [0.1, 0.15) is 5.54 Å². The summed E-state index contributed by atoms with van der Waals surface area (Å²) in [5.41, 5.74) is -0.864. The second-order valence-corrected chi connectivity index (χ2v) is 8.46. The maximum atomic E-state index is 12.3. The summed E-state index contributed by atoms with van der Waals surface area (Å²) >= 11 is 2.77. The van der Waals surface area contributed by atoms with Gasteiger partial charge in [0.2, 0.25) is 11.0 Å². The van der Waals surface area contributed by atoms with Gasteiger partial charge in [-0.1, -0.05) is 36.9 Å². The van der Waals surface area contributed by atoms with E-state index in [9.17, 15) is 10.1 Å². The fourth-order valence-corrected chi connectivity index (χ4v) is 3.47. The summed E-state index contributed by atoms with van der Waals surface area (Å²) in [5.74, 6) is -0.140. The fourth-order valence-electron chi connectivity index (χ4n) is 1.43. The van der Waals surface area contributed by atoms with Crippen LogP contribution in [0, 0.1) is 17.2 Å². The highest BCUT2D eigenvalue weighted by Crippen LogP contribution is 2.29. The van der Waals surface area contributed by atoms with Gasteiger partial charge in [0.15, 0.2) is 4.34 Å². The van der Waals surface area contributed by atoms with Gasteiger partial charge in [0, 0.05) is 6.04 Å². The molecule has 0 aliphatic heterocycles. The maximum Gasteiger partial charge on any atom is 0.234 e. The monoisotopic (exact) mass is 341 g/mol. The Morgan fingerprint density at radius 1 is 1.32 bits per heavy atom. The predicted molar refractivity (Wildman–Crippen MR) is 91.0 cm³/mol. The lowest BCUT2D eigenvalue weighted by molar-refractivity contribution is -0.121. The van der Waals surface area contributed by atoms with E-state index in [0.29, 0.717) is 0 Å². The zero-order valence-electron chi connectivity index (χ0n) is 13.8. The number of hydrogen-bond acceptors (Lipinski definition) is 7. The van der Waals surface area contributed by atoms with Gasteiger partial charge in [-0.3, -0.25) is 4.79 Å². The lowest BCUT2D eigenvalue weighted by Crippen LogP contribution is -2.51. The lowest BCUT2D eigenvalue weighted by atomic mass is 9.90. The third-order valence-corrected chi connectivity index (χ3v) is 5.27. The molecule has 0 aromatic carbocycles. The minimum Gasteiger partial charge on any atom is -0.358 e. The third kappa shape index (κ3) is 5.14.